The fourth-order valence-corrected chi connectivity index (χ4v) is 9.64. The Labute approximate surface area is 271 Å². The molecule has 0 spiro atoms. The molecule has 5 nitrogen and oxygen atoms in total. The third-order valence-electron chi connectivity index (χ3n) is 11.3. The molecule has 0 aromatic heterocycles. The molecule has 0 radical (unpaired) electrons. The lowest BCUT2D eigenvalue weighted by Crippen LogP contribution is -2.56. The van der Waals surface area contributed by atoms with Gasteiger partial charge in [-0.05, 0) is 91.5 Å². The van der Waals surface area contributed by atoms with Gasteiger partial charge in [-0.2, -0.15) is 0 Å². The Bertz CT molecular complexity index is 1160. The summed E-state index contributed by atoms with van der Waals surface area (Å²) in [6.07, 6.45) is -0.176. The number of hydrogen-bond donors (Lipinski definition) is 0. The number of carbonyl (C=O) groups excluding carboxylic acids is 1. The maximum Gasteiger partial charge on any atom is 0.192 e. The third-order valence-corrected chi connectivity index (χ3v) is 25.1. The predicted molar refractivity (Wildman–Crippen MR) is 188 cm³/mol. The first-order valence-corrected chi connectivity index (χ1v) is 25.3. The topological polar surface area (TPSA) is 54.0 Å². The van der Waals surface area contributed by atoms with Crippen LogP contribution in [-0.4, -0.2) is 61.3 Å². The van der Waals surface area contributed by atoms with E-state index in [1.807, 2.05) is 18.2 Å². The Balaban J connectivity index is 2.20. The van der Waals surface area contributed by atoms with Crippen molar-refractivity contribution in [1.82, 2.24) is 0 Å². The molecule has 1 aromatic carbocycles. The molecule has 0 bridgehead atoms. The van der Waals surface area contributed by atoms with E-state index < -0.39 is 25.0 Å². The summed E-state index contributed by atoms with van der Waals surface area (Å²) < 4.78 is 29.0. The van der Waals surface area contributed by atoms with Crippen molar-refractivity contribution in [1.29, 1.82) is 0 Å². The number of halogens is 1. The zero-order chi connectivity index (χ0) is 33.1. The first-order valence-electron chi connectivity index (χ1n) is 16.2. The number of carbonyl (C=O) groups is 1. The number of ketones is 1. The molecule has 43 heavy (non-hydrogen) atoms. The lowest BCUT2D eigenvalue weighted by atomic mass is 9.77. The maximum absolute atomic E-state index is 13.0. The summed E-state index contributed by atoms with van der Waals surface area (Å²) in [6.45, 7) is 36.5. The number of fused-ring (bicyclic) bond motifs is 1. The molecule has 1 heterocycles. The van der Waals surface area contributed by atoms with Crippen LogP contribution in [0.1, 0.15) is 104 Å². The summed E-state index contributed by atoms with van der Waals surface area (Å²) in [5, 5.41) is 0.715. The lowest BCUT2D eigenvalue weighted by Gasteiger charge is -2.46. The van der Waals surface area contributed by atoms with Crippen molar-refractivity contribution in [2.24, 2.45) is 0 Å². The highest BCUT2D eigenvalue weighted by Gasteiger charge is 2.58. The minimum atomic E-state index is -2.27. The second kappa shape index (κ2) is 12.4. The Morgan fingerprint density at radius 3 is 1.79 bits per heavy atom. The molecule has 0 saturated carbocycles. The SMILES string of the molecule is C[C@@H](O[Si](C)(C)C(C)(C)C)[C@@H]1O[C@H](C2CCC(=O)c3ccc(Cl)cc32)[C@H](O[Si](C)(C)C(C)(C)C)[C@H]1O[Si](C)(C)C(C)(C)C. The molecule has 1 aliphatic carbocycles. The maximum atomic E-state index is 13.0. The molecule has 6 atom stereocenters. The van der Waals surface area contributed by atoms with Gasteiger partial charge in [0.2, 0.25) is 0 Å². The van der Waals surface area contributed by atoms with E-state index in [0.29, 0.717) is 17.9 Å². The van der Waals surface area contributed by atoms with E-state index in [2.05, 4.69) is 109 Å². The Morgan fingerprint density at radius 2 is 1.30 bits per heavy atom. The van der Waals surface area contributed by atoms with E-state index >= 15 is 0 Å². The third kappa shape index (κ3) is 7.80. The first-order chi connectivity index (χ1) is 19.2. The van der Waals surface area contributed by atoms with Crippen LogP contribution in [0.5, 0.6) is 0 Å². The van der Waals surface area contributed by atoms with E-state index in [1.54, 1.807) is 0 Å². The second-order valence-electron chi connectivity index (χ2n) is 17.6. The normalized spacial score (nSPS) is 26.9. The highest BCUT2D eigenvalue weighted by Crippen LogP contribution is 2.49. The molecule has 2 aliphatic rings. The molecule has 1 saturated heterocycles. The zero-order valence-corrected chi connectivity index (χ0v) is 33.8. The fourth-order valence-electron chi connectivity index (χ4n) is 5.43. The molecule has 246 valence electrons. The van der Waals surface area contributed by atoms with Gasteiger partial charge in [0.15, 0.2) is 30.7 Å². The summed E-state index contributed by atoms with van der Waals surface area (Å²) >= 11 is 6.55. The minimum Gasteiger partial charge on any atom is -0.411 e. The first kappa shape index (κ1) is 37.1. The van der Waals surface area contributed by atoms with Gasteiger partial charge in [0.1, 0.15) is 12.2 Å². The second-order valence-corrected chi connectivity index (χ2v) is 32.3. The van der Waals surface area contributed by atoms with Gasteiger partial charge in [-0.3, -0.25) is 4.79 Å². The zero-order valence-electron chi connectivity index (χ0n) is 30.0. The van der Waals surface area contributed by atoms with Crippen LogP contribution >= 0.6 is 11.6 Å². The monoisotopic (exact) mass is 668 g/mol. The molecular formula is C34H61ClO5Si3. The van der Waals surface area contributed by atoms with Crippen LogP contribution in [0.3, 0.4) is 0 Å². The Hall–Kier alpha value is -0.329. The van der Waals surface area contributed by atoms with E-state index in [-0.39, 0.29) is 57.3 Å². The van der Waals surface area contributed by atoms with Gasteiger partial charge in [-0.15, -0.1) is 0 Å². The molecule has 0 amide bonds. The molecule has 1 unspecified atom stereocenters. The van der Waals surface area contributed by atoms with Crippen LogP contribution in [0.15, 0.2) is 18.2 Å². The number of rotatable bonds is 8. The van der Waals surface area contributed by atoms with Crippen molar-refractivity contribution < 1.29 is 22.8 Å². The van der Waals surface area contributed by atoms with E-state index in [1.165, 1.54) is 0 Å². The van der Waals surface area contributed by atoms with Gasteiger partial charge < -0.3 is 18.0 Å². The summed E-state index contributed by atoms with van der Waals surface area (Å²) in [5.74, 6) is 0.139. The van der Waals surface area contributed by atoms with E-state index in [4.69, 9.17) is 29.6 Å². The van der Waals surface area contributed by atoms with Gasteiger partial charge in [0.05, 0.1) is 18.3 Å². The van der Waals surface area contributed by atoms with E-state index in [0.717, 1.165) is 11.1 Å². The van der Waals surface area contributed by atoms with Crippen molar-refractivity contribution in [3.63, 3.8) is 0 Å². The van der Waals surface area contributed by atoms with Crippen LogP contribution in [0.2, 0.25) is 59.4 Å². The average Bonchev–Trinajstić information content (AvgIpc) is 3.13. The van der Waals surface area contributed by atoms with Gasteiger partial charge in [0.25, 0.3) is 0 Å². The summed E-state index contributed by atoms with van der Waals surface area (Å²) in [4.78, 5) is 13.0. The molecular weight excluding hydrogens is 608 g/mol. The highest BCUT2D eigenvalue weighted by atomic mass is 35.5. The van der Waals surface area contributed by atoms with Crippen molar-refractivity contribution in [3.8, 4) is 0 Å². The van der Waals surface area contributed by atoms with Crippen molar-refractivity contribution in [2.45, 2.75) is 173 Å². The van der Waals surface area contributed by atoms with E-state index in [9.17, 15) is 4.79 Å². The fraction of sp³-hybridized carbons (Fsp3) is 0.794. The van der Waals surface area contributed by atoms with Gasteiger partial charge in [-0.1, -0.05) is 73.9 Å². The highest BCUT2D eigenvalue weighted by molar-refractivity contribution is 6.75. The molecule has 9 heteroatoms. The van der Waals surface area contributed by atoms with Crippen LogP contribution in [0.25, 0.3) is 0 Å². The van der Waals surface area contributed by atoms with Crippen molar-refractivity contribution in [3.05, 3.63) is 34.3 Å². The van der Waals surface area contributed by atoms with Crippen LogP contribution in [-0.2, 0) is 18.0 Å². The van der Waals surface area contributed by atoms with Crippen molar-refractivity contribution in [2.75, 3.05) is 0 Å². The summed E-state index contributed by atoms with van der Waals surface area (Å²) in [6, 6.07) is 5.67. The Morgan fingerprint density at radius 1 is 0.814 bits per heavy atom. The van der Waals surface area contributed by atoms with Crippen LogP contribution in [0.4, 0.5) is 0 Å². The number of Topliss-reactive ketones (excluding diaryl/α,β-unsaturated/α-hetero) is 1. The molecule has 0 N–H and O–H groups in total. The van der Waals surface area contributed by atoms with Crippen LogP contribution < -0.4 is 0 Å². The molecule has 1 aliphatic heterocycles. The lowest BCUT2D eigenvalue weighted by molar-refractivity contribution is -0.0576. The number of hydrogen-bond acceptors (Lipinski definition) is 5. The quantitative estimate of drug-likeness (QED) is 0.258. The Kier molecular flexibility index (Phi) is 10.7. The number of ether oxygens (including phenoxy) is 1. The summed E-state index contributed by atoms with van der Waals surface area (Å²) in [5.41, 5.74) is 1.73. The number of benzene rings is 1. The largest absolute Gasteiger partial charge is 0.411 e. The van der Waals surface area contributed by atoms with Crippen molar-refractivity contribution >= 4 is 42.3 Å². The molecule has 1 fully saturated rings. The average molecular weight is 670 g/mol. The molecule has 1 aromatic rings. The van der Waals surface area contributed by atoms with Gasteiger partial charge in [0, 0.05) is 22.9 Å². The van der Waals surface area contributed by atoms with Crippen LogP contribution in [0, 0.1) is 0 Å². The molecule has 3 rings (SSSR count). The summed E-state index contributed by atoms with van der Waals surface area (Å²) in [7, 11) is -6.63. The van der Waals surface area contributed by atoms with Gasteiger partial charge >= 0.3 is 0 Å². The standard InChI is InChI=1S/C34H61ClO5Si3/c1-22(38-41(11,12)32(2,3)4)28-30(39-42(13,14)33(5,6)7)31(40-43(15,16)34(8,9)10)29(37-28)25-19-20-27(36)24-18-17-23(35)21-26(24)25/h17-18,21-22,25,28-31H,19-20H2,1-16H3/t22-,25?,28+,29-,30+,31+/m1/s1. The predicted octanol–water partition coefficient (Wildman–Crippen LogP) is 10.4. The minimum absolute atomic E-state index is 0.00413. The van der Waals surface area contributed by atoms with Gasteiger partial charge in [-0.25, -0.2) is 0 Å². The smallest absolute Gasteiger partial charge is 0.192 e.